The molecule has 7 nitrogen and oxygen atoms in total. The van der Waals surface area contributed by atoms with Gasteiger partial charge in [-0.05, 0) is 48.0 Å². The predicted molar refractivity (Wildman–Crippen MR) is 129 cm³/mol. The van der Waals surface area contributed by atoms with E-state index in [1.807, 2.05) is 29.2 Å². The van der Waals surface area contributed by atoms with Crippen molar-refractivity contribution in [2.75, 3.05) is 36.4 Å². The van der Waals surface area contributed by atoms with Crippen molar-refractivity contribution in [1.29, 1.82) is 0 Å². The molecule has 170 valence electrons. The van der Waals surface area contributed by atoms with Gasteiger partial charge in [0.25, 0.3) is 5.91 Å². The van der Waals surface area contributed by atoms with Gasteiger partial charge in [-0.3, -0.25) is 4.79 Å². The summed E-state index contributed by atoms with van der Waals surface area (Å²) < 4.78 is 27.8. The van der Waals surface area contributed by atoms with E-state index in [-0.39, 0.29) is 10.8 Å². The first-order valence-electron chi connectivity index (χ1n) is 10.7. The highest BCUT2D eigenvalue weighted by molar-refractivity contribution is 7.89. The number of benzene rings is 3. The Morgan fingerprint density at radius 2 is 1.64 bits per heavy atom. The molecule has 2 heterocycles. The number of halogens is 1. The van der Waals surface area contributed by atoms with Crippen LogP contribution in [0.15, 0.2) is 77.7 Å². The molecule has 2 N–H and O–H groups in total. The van der Waals surface area contributed by atoms with Crippen LogP contribution in [0, 0.1) is 0 Å². The number of hydrogen-bond donors (Lipinski definition) is 2. The molecule has 1 atom stereocenters. The third kappa shape index (κ3) is 4.42. The average Bonchev–Trinajstić information content (AvgIpc) is 2.83. The third-order valence-electron chi connectivity index (χ3n) is 5.98. The lowest BCUT2D eigenvalue weighted by Crippen LogP contribution is -2.48. The SMILES string of the molecule is O=C(c1ccc([C@@H]2Nc3ccccc3S(=O)(=O)N2)cc1)N1CCN(c2cccc(Cl)c2)CC1. The van der Waals surface area contributed by atoms with Crippen molar-refractivity contribution in [2.45, 2.75) is 11.1 Å². The van der Waals surface area contributed by atoms with Gasteiger partial charge < -0.3 is 15.1 Å². The molecular formula is C24H23ClN4O3S. The Morgan fingerprint density at radius 3 is 2.36 bits per heavy atom. The highest BCUT2D eigenvalue weighted by Crippen LogP contribution is 2.31. The highest BCUT2D eigenvalue weighted by atomic mass is 35.5. The summed E-state index contributed by atoms with van der Waals surface area (Å²) in [6.07, 6.45) is -0.602. The molecule has 1 amide bonds. The van der Waals surface area contributed by atoms with E-state index in [4.69, 9.17) is 11.6 Å². The van der Waals surface area contributed by atoms with Crippen molar-refractivity contribution < 1.29 is 13.2 Å². The summed E-state index contributed by atoms with van der Waals surface area (Å²) in [5, 5.41) is 3.90. The summed E-state index contributed by atoms with van der Waals surface area (Å²) >= 11 is 6.10. The van der Waals surface area contributed by atoms with E-state index in [1.54, 1.807) is 48.5 Å². The van der Waals surface area contributed by atoms with E-state index in [2.05, 4.69) is 14.9 Å². The largest absolute Gasteiger partial charge is 0.368 e. The summed E-state index contributed by atoms with van der Waals surface area (Å²) in [5.74, 6) is -0.0326. The molecular weight excluding hydrogens is 460 g/mol. The second kappa shape index (κ2) is 8.70. The van der Waals surface area contributed by atoms with Crippen LogP contribution in [0.1, 0.15) is 22.1 Å². The zero-order valence-electron chi connectivity index (χ0n) is 17.7. The number of sulfonamides is 1. The lowest BCUT2D eigenvalue weighted by Gasteiger charge is -2.36. The van der Waals surface area contributed by atoms with Gasteiger partial charge in [0, 0.05) is 42.5 Å². The minimum absolute atomic E-state index is 0.0326. The number of rotatable bonds is 3. The summed E-state index contributed by atoms with van der Waals surface area (Å²) in [7, 11) is -3.61. The Balaban J connectivity index is 1.25. The van der Waals surface area contributed by atoms with E-state index in [9.17, 15) is 13.2 Å². The molecule has 33 heavy (non-hydrogen) atoms. The monoisotopic (exact) mass is 482 g/mol. The maximum Gasteiger partial charge on any atom is 0.253 e. The van der Waals surface area contributed by atoms with Gasteiger partial charge in [0.1, 0.15) is 11.1 Å². The summed E-state index contributed by atoms with van der Waals surface area (Å²) in [6.45, 7) is 2.70. The first kappa shape index (κ1) is 21.8. The summed E-state index contributed by atoms with van der Waals surface area (Å²) in [4.78, 5) is 17.3. The van der Waals surface area contributed by atoms with E-state index in [1.165, 1.54) is 0 Å². The first-order valence-corrected chi connectivity index (χ1v) is 12.5. The van der Waals surface area contributed by atoms with Gasteiger partial charge >= 0.3 is 0 Å². The minimum atomic E-state index is -3.61. The van der Waals surface area contributed by atoms with Crippen LogP contribution in [-0.4, -0.2) is 45.4 Å². The smallest absolute Gasteiger partial charge is 0.253 e. The van der Waals surface area contributed by atoms with E-state index in [0.717, 1.165) is 24.3 Å². The molecule has 0 spiro atoms. The molecule has 0 radical (unpaired) electrons. The second-order valence-corrected chi connectivity index (χ2v) is 10.2. The molecule has 2 aliphatic rings. The maximum absolute atomic E-state index is 13.0. The normalized spacial score (nSPS) is 19.5. The number of anilines is 2. The number of para-hydroxylation sites is 1. The Morgan fingerprint density at radius 1 is 0.909 bits per heavy atom. The molecule has 0 aliphatic carbocycles. The standard InChI is InChI=1S/C24H23ClN4O3S/c25-19-4-3-5-20(16-19)28-12-14-29(15-13-28)24(30)18-10-8-17(9-11-18)23-26-21-6-1-2-7-22(21)33(31,32)27-23/h1-11,16,23,26-27H,12-15H2/t23-/m1/s1. The van der Waals surface area contributed by atoms with Crippen LogP contribution in [0.4, 0.5) is 11.4 Å². The van der Waals surface area contributed by atoms with Crippen LogP contribution in [-0.2, 0) is 10.0 Å². The van der Waals surface area contributed by atoms with Crippen LogP contribution in [0.3, 0.4) is 0 Å². The second-order valence-electron chi connectivity index (χ2n) is 8.08. The number of nitrogens with one attached hydrogen (secondary N) is 2. The van der Waals surface area contributed by atoms with Gasteiger partial charge in [-0.15, -0.1) is 0 Å². The number of hydrogen-bond acceptors (Lipinski definition) is 5. The minimum Gasteiger partial charge on any atom is -0.368 e. The molecule has 2 aliphatic heterocycles. The molecule has 3 aromatic carbocycles. The Hall–Kier alpha value is -3.07. The molecule has 5 rings (SSSR count). The van der Waals surface area contributed by atoms with Gasteiger partial charge in [-0.1, -0.05) is 41.9 Å². The quantitative estimate of drug-likeness (QED) is 0.595. The number of amides is 1. The number of carbonyl (C=O) groups excluding carboxylic acids is 1. The van der Waals surface area contributed by atoms with Gasteiger partial charge in [0.2, 0.25) is 10.0 Å². The van der Waals surface area contributed by atoms with Crippen LogP contribution >= 0.6 is 11.6 Å². The van der Waals surface area contributed by atoms with E-state index >= 15 is 0 Å². The van der Waals surface area contributed by atoms with E-state index in [0.29, 0.717) is 29.4 Å². The van der Waals surface area contributed by atoms with E-state index < -0.39 is 16.2 Å². The van der Waals surface area contributed by atoms with Crippen molar-refractivity contribution in [1.82, 2.24) is 9.62 Å². The van der Waals surface area contributed by atoms with Gasteiger partial charge in [-0.2, -0.15) is 4.72 Å². The fraction of sp³-hybridized carbons (Fsp3) is 0.208. The zero-order chi connectivity index (χ0) is 23.0. The number of nitrogens with zero attached hydrogens (tertiary/aromatic N) is 2. The van der Waals surface area contributed by atoms with Gasteiger partial charge in [-0.25, -0.2) is 8.42 Å². The first-order chi connectivity index (χ1) is 15.9. The van der Waals surface area contributed by atoms with Crippen LogP contribution < -0.4 is 14.9 Å². The molecule has 3 aromatic rings. The number of piperazine rings is 1. The molecule has 0 bridgehead atoms. The van der Waals surface area contributed by atoms with Crippen LogP contribution in [0.2, 0.25) is 5.02 Å². The zero-order valence-corrected chi connectivity index (χ0v) is 19.3. The molecule has 1 saturated heterocycles. The van der Waals surface area contributed by atoms with Gasteiger partial charge in [0.05, 0.1) is 5.69 Å². The molecule has 0 saturated carbocycles. The lowest BCUT2D eigenvalue weighted by molar-refractivity contribution is 0.0746. The van der Waals surface area contributed by atoms with Crippen molar-refractivity contribution in [2.24, 2.45) is 0 Å². The Labute approximate surface area is 198 Å². The van der Waals surface area contributed by atoms with Crippen LogP contribution in [0.5, 0.6) is 0 Å². The van der Waals surface area contributed by atoms with Crippen molar-refractivity contribution >= 4 is 38.9 Å². The van der Waals surface area contributed by atoms with Gasteiger partial charge in [0.15, 0.2) is 0 Å². The Bertz CT molecular complexity index is 1290. The number of carbonyl (C=O) groups is 1. The molecule has 0 unspecified atom stereocenters. The average molecular weight is 483 g/mol. The fourth-order valence-electron chi connectivity index (χ4n) is 4.22. The maximum atomic E-state index is 13.0. The molecule has 9 heteroatoms. The van der Waals surface area contributed by atoms with Crippen molar-refractivity contribution in [3.8, 4) is 0 Å². The topological polar surface area (TPSA) is 81.7 Å². The summed E-state index contributed by atoms with van der Waals surface area (Å²) in [5.41, 5.74) is 2.92. The van der Waals surface area contributed by atoms with Crippen LogP contribution in [0.25, 0.3) is 0 Å². The Kier molecular flexibility index (Phi) is 5.74. The molecule has 0 aromatic heterocycles. The predicted octanol–water partition coefficient (Wildman–Crippen LogP) is 3.71. The third-order valence-corrected chi connectivity index (χ3v) is 7.70. The highest BCUT2D eigenvalue weighted by Gasteiger charge is 2.30. The fourth-order valence-corrected chi connectivity index (χ4v) is 5.71. The number of fused-ring (bicyclic) bond motifs is 1. The van der Waals surface area contributed by atoms with Crippen molar-refractivity contribution in [3.63, 3.8) is 0 Å². The molecule has 1 fully saturated rings. The van der Waals surface area contributed by atoms with Crippen molar-refractivity contribution in [3.05, 3.63) is 88.9 Å². The lowest BCUT2D eigenvalue weighted by atomic mass is 10.1. The summed E-state index contributed by atoms with van der Waals surface area (Å²) in [6, 6.07) is 21.6.